The molecule has 0 aromatic carbocycles. The third kappa shape index (κ3) is 2.74. The Morgan fingerprint density at radius 1 is 1.53 bits per heavy atom. The highest BCUT2D eigenvalue weighted by molar-refractivity contribution is 7.89. The first kappa shape index (κ1) is 12.3. The maximum Gasteiger partial charge on any atom is 0.260 e. The van der Waals surface area contributed by atoms with Gasteiger partial charge in [0.05, 0.1) is 12.3 Å². The molecule has 1 aliphatic heterocycles. The van der Waals surface area contributed by atoms with Crippen LogP contribution in [0.25, 0.3) is 0 Å². The Kier molecular flexibility index (Phi) is 3.60. The molecule has 2 rings (SSSR count). The normalized spacial score (nSPS) is 20.4. The van der Waals surface area contributed by atoms with Crippen LogP contribution < -0.4 is 10.0 Å². The van der Waals surface area contributed by atoms with Crippen LogP contribution in [0.5, 0.6) is 0 Å². The van der Waals surface area contributed by atoms with Crippen molar-refractivity contribution in [3.63, 3.8) is 0 Å². The second-order valence-corrected chi connectivity index (χ2v) is 5.42. The average molecular weight is 257 g/mol. The molecule has 1 aromatic heterocycles. The molecule has 2 N–H and O–H groups in total. The molecule has 1 atom stereocenters. The topological polar surface area (TPSA) is 80.3 Å². The zero-order valence-corrected chi connectivity index (χ0v) is 10.3. The lowest BCUT2D eigenvalue weighted by atomic mass is 10.3. The number of pyridine rings is 1. The van der Waals surface area contributed by atoms with Gasteiger partial charge in [-0.1, -0.05) is 0 Å². The number of hydrogen-bond donors (Lipinski definition) is 2. The van der Waals surface area contributed by atoms with Gasteiger partial charge in [-0.2, -0.15) is 0 Å². The minimum absolute atomic E-state index is 0.0226. The minimum atomic E-state index is -3.59. The summed E-state index contributed by atoms with van der Waals surface area (Å²) >= 11 is 0. The van der Waals surface area contributed by atoms with Crippen LogP contribution in [-0.4, -0.2) is 39.7 Å². The molecule has 0 radical (unpaired) electrons. The summed E-state index contributed by atoms with van der Waals surface area (Å²) in [5.74, 6) is 0. The lowest BCUT2D eigenvalue weighted by molar-refractivity contribution is 0.192. The fourth-order valence-corrected chi connectivity index (χ4v) is 3.09. The van der Waals surface area contributed by atoms with Gasteiger partial charge in [0.15, 0.2) is 5.03 Å². The summed E-state index contributed by atoms with van der Waals surface area (Å²) in [6, 6.07) is 3.20. The van der Waals surface area contributed by atoms with Gasteiger partial charge in [-0.15, -0.1) is 0 Å². The fourth-order valence-electron chi connectivity index (χ4n) is 1.70. The van der Waals surface area contributed by atoms with E-state index in [0.29, 0.717) is 25.3 Å². The highest BCUT2D eigenvalue weighted by atomic mass is 32.2. The molecule has 0 bridgehead atoms. The van der Waals surface area contributed by atoms with Crippen molar-refractivity contribution in [2.45, 2.75) is 17.5 Å². The van der Waals surface area contributed by atoms with Gasteiger partial charge in [0.2, 0.25) is 0 Å². The van der Waals surface area contributed by atoms with Crippen LogP contribution in [0.2, 0.25) is 0 Å². The predicted octanol–water partition coefficient (Wildman–Crippen LogP) is 0.190. The number of aromatic nitrogens is 1. The zero-order chi connectivity index (χ0) is 12.3. The highest BCUT2D eigenvalue weighted by Crippen LogP contribution is 2.18. The van der Waals surface area contributed by atoms with Crippen molar-refractivity contribution in [2.24, 2.45) is 0 Å². The predicted molar refractivity (Wildman–Crippen MR) is 63.3 cm³/mol. The SMILES string of the molecule is CNc1cccnc1S(=O)(=O)NC1CCOC1. The molecule has 17 heavy (non-hydrogen) atoms. The summed E-state index contributed by atoms with van der Waals surface area (Å²) < 4.78 is 31.9. The van der Waals surface area contributed by atoms with E-state index in [1.165, 1.54) is 6.20 Å². The number of rotatable bonds is 4. The standard InChI is InChI=1S/C10H15N3O3S/c1-11-9-3-2-5-12-10(9)17(14,15)13-8-4-6-16-7-8/h2-3,5,8,11,13H,4,6-7H2,1H3. The number of hydrogen-bond acceptors (Lipinski definition) is 5. The lowest BCUT2D eigenvalue weighted by Crippen LogP contribution is -2.35. The molecule has 0 amide bonds. The van der Waals surface area contributed by atoms with E-state index in [1.807, 2.05) is 0 Å². The zero-order valence-electron chi connectivity index (χ0n) is 9.51. The van der Waals surface area contributed by atoms with Gasteiger partial charge in [-0.25, -0.2) is 18.1 Å². The molecule has 1 aromatic rings. The number of nitrogens with one attached hydrogen (secondary N) is 2. The summed E-state index contributed by atoms with van der Waals surface area (Å²) in [5.41, 5.74) is 0.485. The van der Waals surface area contributed by atoms with E-state index in [4.69, 9.17) is 4.74 Å². The first-order valence-electron chi connectivity index (χ1n) is 5.36. The van der Waals surface area contributed by atoms with E-state index in [1.54, 1.807) is 19.2 Å². The van der Waals surface area contributed by atoms with E-state index >= 15 is 0 Å². The second kappa shape index (κ2) is 4.99. The number of anilines is 1. The van der Waals surface area contributed by atoms with Gasteiger partial charge < -0.3 is 10.1 Å². The maximum atomic E-state index is 12.1. The molecule has 2 heterocycles. The van der Waals surface area contributed by atoms with Gasteiger partial charge >= 0.3 is 0 Å². The molecular weight excluding hydrogens is 242 g/mol. The first-order chi connectivity index (χ1) is 8.13. The molecule has 1 fully saturated rings. The van der Waals surface area contributed by atoms with Crippen LogP contribution in [0, 0.1) is 0 Å². The molecule has 0 aliphatic carbocycles. The van der Waals surface area contributed by atoms with Gasteiger partial charge in [0.1, 0.15) is 0 Å². The Morgan fingerprint density at radius 2 is 2.35 bits per heavy atom. The van der Waals surface area contributed by atoms with Gasteiger partial charge in [0, 0.05) is 25.9 Å². The monoisotopic (exact) mass is 257 g/mol. The van der Waals surface area contributed by atoms with Crippen LogP contribution in [0.3, 0.4) is 0 Å². The summed E-state index contributed by atoms with van der Waals surface area (Å²) in [6.45, 7) is 1.01. The van der Waals surface area contributed by atoms with Crippen LogP contribution in [0.15, 0.2) is 23.4 Å². The molecule has 94 valence electrons. The first-order valence-corrected chi connectivity index (χ1v) is 6.84. The van der Waals surface area contributed by atoms with Crippen molar-refractivity contribution >= 4 is 15.7 Å². The average Bonchev–Trinajstić information content (AvgIpc) is 2.81. The molecule has 0 spiro atoms. The Balaban J connectivity index is 2.24. The van der Waals surface area contributed by atoms with E-state index in [9.17, 15) is 8.42 Å². The van der Waals surface area contributed by atoms with E-state index in [0.717, 1.165) is 0 Å². The summed E-state index contributed by atoms with van der Waals surface area (Å²) in [4.78, 5) is 3.91. The fraction of sp³-hybridized carbons (Fsp3) is 0.500. The molecule has 0 saturated carbocycles. The van der Waals surface area contributed by atoms with Gasteiger partial charge in [0.25, 0.3) is 10.0 Å². The van der Waals surface area contributed by atoms with Crippen molar-refractivity contribution in [3.05, 3.63) is 18.3 Å². The summed E-state index contributed by atoms with van der Waals surface area (Å²) in [7, 11) is -1.93. The third-order valence-corrected chi connectivity index (χ3v) is 4.02. The number of ether oxygens (including phenoxy) is 1. The van der Waals surface area contributed by atoms with Crippen molar-refractivity contribution in [1.29, 1.82) is 0 Å². The maximum absolute atomic E-state index is 12.1. The Bertz CT molecular complexity index is 483. The molecule has 1 saturated heterocycles. The minimum Gasteiger partial charge on any atom is -0.386 e. The van der Waals surface area contributed by atoms with Gasteiger partial charge in [-0.05, 0) is 18.6 Å². The molecular formula is C10H15N3O3S. The van der Waals surface area contributed by atoms with E-state index < -0.39 is 10.0 Å². The molecule has 1 aliphatic rings. The molecule has 6 nitrogen and oxygen atoms in total. The lowest BCUT2D eigenvalue weighted by Gasteiger charge is -2.13. The van der Waals surface area contributed by atoms with Crippen LogP contribution in [0.4, 0.5) is 5.69 Å². The van der Waals surface area contributed by atoms with E-state index in [2.05, 4.69) is 15.0 Å². The second-order valence-electron chi connectivity index (χ2n) is 3.79. The Labute approximate surface area is 100 Å². The Hall–Kier alpha value is -1.18. The summed E-state index contributed by atoms with van der Waals surface area (Å²) in [6.07, 6.45) is 2.15. The number of sulfonamides is 1. The van der Waals surface area contributed by atoms with Crippen molar-refractivity contribution in [1.82, 2.24) is 9.71 Å². The van der Waals surface area contributed by atoms with Crippen LogP contribution in [0.1, 0.15) is 6.42 Å². The van der Waals surface area contributed by atoms with Gasteiger partial charge in [-0.3, -0.25) is 0 Å². The number of nitrogens with zero attached hydrogens (tertiary/aromatic N) is 1. The van der Waals surface area contributed by atoms with Crippen molar-refractivity contribution in [3.8, 4) is 0 Å². The third-order valence-electron chi connectivity index (χ3n) is 2.55. The van der Waals surface area contributed by atoms with Crippen molar-refractivity contribution in [2.75, 3.05) is 25.6 Å². The smallest absolute Gasteiger partial charge is 0.260 e. The van der Waals surface area contributed by atoms with E-state index in [-0.39, 0.29) is 11.1 Å². The quantitative estimate of drug-likeness (QED) is 0.805. The van der Waals surface area contributed by atoms with Crippen LogP contribution in [-0.2, 0) is 14.8 Å². The van der Waals surface area contributed by atoms with Crippen LogP contribution >= 0.6 is 0 Å². The highest BCUT2D eigenvalue weighted by Gasteiger charge is 2.26. The van der Waals surface area contributed by atoms with Crippen molar-refractivity contribution < 1.29 is 13.2 Å². The Morgan fingerprint density at radius 3 is 3.00 bits per heavy atom. The summed E-state index contributed by atoms with van der Waals surface area (Å²) in [5, 5.41) is 2.84. The largest absolute Gasteiger partial charge is 0.386 e. The molecule has 1 unspecified atom stereocenters. The molecule has 7 heteroatoms.